The molecule has 5 nitrogen and oxygen atoms in total. The van der Waals surface area contributed by atoms with Gasteiger partial charge in [-0.3, -0.25) is 0 Å². The van der Waals surface area contributed by atoms with E-state index < -0.39 is 15.8 Å². The molecular weight excluding hydrogens is 403 g/mol. The van der Waals surface area contributed by atoms with Crippen LogP contribution in [-0.2, 0) is 14.8 Å². The molecule has 0 unspecified atom stereocenters. The molecule has 0 saturated heterocycles. The molecule has 1 aromatic carbocycles. The molecule has 2 rings (SSSR count). The summed E-state index contributed by atoms with van der Waals surface area (Å²) in [6.07, 6.45) is 11.2. The van der Waals surface area contributed by atoms with Crippen molar-refractivity contribution in [1.29, 1.82) is 0 Å². The molecule has 0 spiro atoms. The van der Waals surface area contributed by atoms with E-state index in [4.69, 9.17) is 4.74 Å². The molecule has 7 heteroatoms. The Bertz CT molecular complexity index is 716. The second kappa shape index (κ2) is 13.2. The van der Waals surface area contributed by atoms with Gasteiger partial charge in [0.15, 0.2) is 0 Å². The normalized spacial score (nSPS) is 19.8. The first-order valence-electron chi connectivity index (χ1n) is 11.1. The summed E-state index contributed by atoms with van der Waals surface area (Å²) >= 11 is 0. The summed E-state index contributed by atoms with van der Waals surface area (Å²) in [6, 6.07) is 4.99. The lowest BCUT2D eigenvalue weighted by Gasteiger charge is -2.34. The zero-order valence-corrected chi connectivity index (χ0v) is 19.0. The van der Waals surface area contributed by atoms with Crippen LogP contribution >= 0.6 is 0 Å². The van der Waals surface area contributed by atoms with Crippen LogP contribution in [0.3, 0.4) is 0 Å². The number of rotatable bonds is 14. The molecular formula is C23H37FN2O3S. The van der Waals surface area contributed by atoms with Gasteiger partial charge >= 0.3 is 0 Å². The SMILES string of the molecule is C=CCCNCCCCCCOC1CCC(N(C)S(=O)(=O)c2ccc(F)cc2)CC1. The van der Waals surface area contributed by atoms with Crippen molar-refractivity contribution >= 4 is 10.0 Å². The third-order valence-electron chi connectivity index (χ3n) is 5.78. The third kappa shape index (κ3) is 8.10. The van der Waals surface area contributed by atoms with Crippen LogP contribution in [0.2, 0.25) is 0 Å². The van der Waals surface area contributed by atoms with Gasteiger partial charge in [0, 0.05) is 19.7 Å². The van der Waals surface area contributed by atoms with Crippen LogP contribution in [0, 0.1) is 5.82 Å². The number of benzene rings is 1. The lowest BCUT2D eigenvalue weighted by atomic mass is 9.93. The van der Waals surface area contributed by atoms with E-state index >= 15 is 0 Å². The van der Waals surface area contributed by atoms with E-state index in [1.165, 1.54) is 47.8 Å². The first kappa shape index (κ1) is 25.0. The minimum atomic E-state index is -3.59. The molecule has 1 aliphatic rings. The van der Waals surface area contributed by atoms with E-state index in [1.807, 2.05) is 6.08 Å². The van der Waals surface area contributed by atoms with Gasteiger partial charge in [-0.15, -0.1) is 6.58 Å². The fourth-order valence-corrected chi connectivity index (χ4v) is 5.25. The van der Waals surface area contributed by atoms with Gasteiger partial charge in [-0.2, -0.15) is 4.31 Å². The Hall–Kier alpha value is -1.28. The van der Waals surface area contributed by atoms with E-state index in [1.54, 1.807) is 7.05 Å². The van der Waals surface area contributed by atoms with Crippen molar-refractivity contribution in [2.75, 3.05) is 26.7 Å². The molecule has 0 aliphatic heterocycles. The van der Waals surface area contributed by atoms with Crippen LogP contribution in [0.15, 0.2) is 41.8 Å². The van der Waals surface area contributed by atoms with Gasteiger partial charge in [-0.1, -0.05) is 18.9 Å². The summed E-state index contributed by atoms with van der Waals surface area (Å²) in [6.45, 7) is 6.56. The molecule has 1 aromatic rings. The Balaban J connectivity index is 1.60. The van der Waals surface area contributed by atoms with Gasteiger partial charge in [0.05, 0.1) is 11.0 Å². The van der Waals surface area contributed by atoms with E-state index in [0.29, 0.717) is 0 Å². The van der Waals surface area contributed by atoms with E-state index in [2.05, 4.69) is 11.9 Å². The fourth-order valence-electron chi connectivity index (χ4n) is 3.83. The Labute approximate surface area is 181 Å². The molecule has 0 aromatic heterocycles. The number of hydrogen-bond acceptors (Lipinski definition) is 4. The van der Waals surface area contributed by atoms with Crippen molar-refractivity contribution in [1.82, 2.24) is 9.62 Å². The van der Waals surface area contributed by atoms with Crippen molar-refractivity contribution in [3.05, 3.63) is 42.7 Å². The van der Waals surface area contributed by atoms with E-state index in [0.717, 1.165) is 58.2 Å². The highest BCUT2D eigenvalue weighted by atomic mass is 32.2. The van der Waals surface area contributed by atoms with Crippen molar-refractivity contribution < 1.29 is 17.5 Å². The van der Waals surface area contributed by atoms with Gasteiger partial charge in [-0.05, 0) is 82.3 Å². The third-order valence-corrected chi connectivity index (χ3v) is 7.70. The highest BCUT2D eigenvalue weighted by molar-refractivity contribution is 7.89. The topological polar surface area (TPSA) is 58.6 Å². The molecule has 170 valence electrons. The summed E-state index contributed by atoms with van der Waals surface area (Å²) in [5.74, 6) is -0.436. The standard InChI is InChI=1S/C23H37FN2O3S/c1-3-4-17-25-18-7-5-6-8-19-29-22-13-11-21(12-14-22)26(2)30(27,28)23-15-9-20(24)10-16-23/h3,9-10,15-16,21-22,25H,1,4-8,11-14,17-19H2,2H3. The van der Waals surface area contributed by atoms with E-state index in [-0.39, 0.29) is 17.0 Å². The van der Waals surface area contributed by atoms with Crippen molar-refractivity contribution in [2.45, 2.75) is 74.8 Å². The maximum atomic E-state index is 13.1. The largest absolute Gasteiger partial charge is 0.378 e. The highest BCUT2D eigenvalue weighted by Crippen LogP contribution is 2.28. The van der Waals surface area contributed by atoms with Gasteiger partial charge in [0.25, 0.3) is 0 Å². The molecule has 0 heterocycles. The van der Waals surface area contributed by atoms with Crippen LogP contribution in [0.25, 0.3) is 0 Å². The molecule has 1 saturated carbocycles. The molecule has 1 fully saturated rings. The van der Waals surface area contributed by atoms with Gasteiger partial charge < -0.3 is 10.1 Å². The Kier molecular flexibility index (Phi) is 11.0. The zero-order valence-electron chi connectivity index (χ0n) is 18.2. The average Bonchev–Trinajstić information content (AvgIpc) is 2.75. The Morgan fingerprint density at radius 1 is 1.10 bits per heavy atom. The number of halogens is 1. The van der Waals surface area contributed by atoms with E-state index in [9.17, 15) is 12.8 Å². The van der Waals surface area contributed by atoms with Crippen LogP contribution < -0.4 is 5.32 Å². The lowest BCUT2D eigenvalue weighted by Crippen LogP contribution is -2.40. The summed E-state index contributed by atoms with van der Waals surface area (Å²) in [7, 11) is -1.97. The predicted octanol–water partition coefficient (Wildman–Crippen LogP) is 4.50. The van der Waals surface area contributed by atoms with Gasteiger partial charge in [0.2, 0.25) is 10.0 Å². The van der Waals surface area contributed by atoms with Gasteiger partial charge in [-0.25, -0.2) is 12.8 Å². The summed E-state index contributed by atoms with van der Waals surface area (Å²) < 4.78 is 46.1. The van der Waals surface area contributed by atoms with Crippen LogP contribution in [0.1, 0.15) is 57.8 Å². The van der Waals surface area contributed by atoms with Crippen LogP contribution in [0.5, 0.6) is 0 Å². The lowest BCUT2D eigenvalue weighted by molar-refractivity contribution is 0.0157. The second-order valence-corrected chi connectivity index (χ2v) is 10.0. The number of unbranched alkanes of at least 4 members (excludes halogenated alkanes) is 3. The minimum Gasteiger partial charge on any atom is -0.378 e. The zero-order chi connectivity index (χ0) is 21.8. The number of ether oxygens (including phenoxy) is 1. The first-order valence-corrected chi connectivity index (χ1v) is 12.6. The van der Waals surface area contributed by atoms with Crippen LogP contribution in [0.4, 0.5) is 4.39 Å². The maximum Gasteiger partial charge on any atom is 0.243 e. The number of nitrogens with zero attached hydrogens (tertiary/aromatic N) is 1. The smallest absolute Gasteiger partial charge is 0.243 e. The quantitative estimate of drug-likeness (QED) is 0.342. The molecule has 0 atom stereocenters. The van der Waals surface area contributed by atoms with Crippen LogP contribution in [-0.4, -0.2) is 51.6 Å². The van der Waals surface area contributed by atoms with Crippen molar-refractivity contribution in [2.24, 2.45) is 0 Å². The molecule has 0 radical (unpaired) electrons. The molecule has 0 bridgehead atoms. The predicted molar refractivity (Wildman–Crippen MR) is 119 cm³/mol. The first-order chi connectivity index (χ1) is 14.4. The number of hydrogen-bond donors (Lipinski definition) is 1. The summed E-state index contributed by atoms with van der Waals surface area (Å²) in [5, 5.41) is 3.40. The highest BCUT2D eigenvalue weighted by Gasteiger charge is 2.31. The number of nitrogens with one attached hydrogen (secondary N) is 1. The summed E-state index contributed by atoms with van der Waals surface area (Å²) in [4.78, 5) is 0.140. The molecule has 30 heavy (non-hydrogen) atoms. The van der Waals surface area contributed by atoms with Crippen molar-refractivity contribution in [3.8, 4) is 0 Å². The number of sulfonamides is 1. The molecule has 1 N–H and O–H groups in total. The maximum absolute atomic E-state index is 13.1. The Morgan fingerprint density at radius 2 is 1.77 bits per heavy atom. The average molecular weight is 441 g/mol. The molecule has 1 aliphatic carbocycles. The summed E-state index contributed by atoms with van der Waals surface area (Å²) in [5.41, 5.74) is 0. The second-order valence-electron chi connectivity index (χ2n) is 8.02. The van der Waals surface area contributed by atoms with Gasteiger partial charge in [0.1, 0.15) is 5.82 Å². The minimum absolute atomic E-state index is 0.0338. The monoisotopic (exact) mass is 440 g/mol. The Morgan fingerprint density at radius 3 is 2.43 bits per heavy atom. The van der Waals surface area contributed by atoms with Crippen molar-refractivity contribution in [3.63, 3.8) is 0 Å². The molecule has 0 amide bonds. The fraction of sp³-hybridized carbons (Fsp3) is 0.652.